The van der Waals surface area contributed by atoms with Crippen molar-refractivity contribution in [2.24, 2.45) is 10.7 Å². The van der Waals surface area contributed by atoms with Crippen LogP contribution in [0.3, 0.4) is 0 Å². The molecule has 0 saturated heterocycles. The number of nitrogens with two attached hydrogens (primary N) is 1. The number of rotatable bonds is 1. The van der Waals surface area contributed by atoms with Gasteiger partial charge in [-0.15, -0.1) is 0 Å². The molecule has 9 heavy (non-hydrogen) atoms. The molecule has 2 nitrogen and oxygen atoms in total. The molecule has 0 bridgehead atoms. The third-order valence-corrected chi connectivity index (χ3v) is 3.76. The van der Waals surface area contributed by atoms with Crippen LogP contribution < -0.4 is 5.73 Å². The van der Waals surface area contributed by atoms with Gasteiger partial charge < -0.3 is 5.73 Å². The fourth-order valence-electron chi connectivity index (χ4n) is 0.564. The summed E-state index contributed by atoms with van der Waals surface area (Å²) in [6.45, 7) is 0.696. The van der Waals surface area contributed by atoms with Gasteiger partial charge in [0.2, 0.25) is 0 Å². The molecule has 0 radical (unpaired) electrons. The third-order valence-electron chi connectivity index (χ3n) is 1.05. The van der Waals surface area contributed by atoms with E-state index >= 15 is 0 Å². The third kappa shape index (κ3) is 1.53. The van der Waals surface area contributed by atoms with Gasteiger partial charge in [-0.25, -0.2) is 0 Å². The van der Waals surface area contributed by atoms with E-state index in [1.54, 1.807) is 5.55 Å². The van der Waals surface area contributed by atoms with Crippen LogP contribution in [0.15, 0.2) is 4.99 Å². The minimum absolute atomic E-state index is 0.162. The molecule has 0 aliphatic carbocycles. The number of hydrogen-bond donors (Lipinski definition) is 1. The quantitative estimate of drug-likeness (QED) is 0.563. The van der Waals surface area contributed by atoms with Crippen LogP contribution in [0.2, 0.25) is 0 Å². The van der Waals surface area contributed by atoms with Gasteiger partial charge in [-0.3, -0.25) is 4.99 Å². The van der Waals surface area contributed by atoms with E-state index < -0.39 is 0 Å². The number of aliphatic imine (C=N–C) groups is 1. The zero-order valence-electron chi connectivity index (χ0n) is 4.61. The molecule has 50 valence electrons. The molecule has 1 aliphatic heterocycles. The molecule has 0 aromatic rings. The first-order chi connectivity index (χ1) is 4.22. The van der Waals surface area contributed by atoms with Crippen LogP contribution in [-0.4, -0.2) is 22.3 Å². The summed E-state index contributed by atoms with van der Waals surface area (Å²) in [5, 5.41) is 0.162. The van der Waals surface area contributed by atoms with Gasteiger partial charge in [-0.05, 0) is 11.2 Å². The van der Waals surface area contributed by atoms with E-state index in [2.05, 4.69) is 4.99 Å². The average Bonchev–Trinajstić information content (AvgIpc) is 2.13. The van der Waals surface area contributed by atoms with E-state index in [-0.39, 0.29) is 14.7 Å². The largest absolute Gasteiger partial charge is 0.392 e. The van der Waals surface area contributed by atoms with Crippen molar-refractivity contribution in [3.8, 4) is 0 Å². The van der Waals surface area contributed by atoms with Crippen LogP contribution in [0.25, 0.3) is 0 Å². The standard InChI is InChI=1S/C4H6N2S3/c5-4(7)3-1-6-2-9(3)8/h2-3H,1H2,(H2,5,7). The summed E-state index contributed by atoms with van der Waals surface area (Å²) >= 11 is 9.78. The second kappa shape index (κ2) is 2.81. The molecule has 0 amide bonds. The van der Waals surface area contributed by atoms with Crippen LogP contribution in [0, 0.1) is 0 Å². The molecule has 5 heteroatoms. The molecular weight excluding hydrogens is 172 g/mol. The Morgan fingerprint density at radius 2 is 2.56 bits per heavy atom. The SMILES string of the molecule is NC(=S)C1CN=CS1=S. The van der Waals surface area contributed by atoms with Crippen LogP contribution >= 0.6 is 12.2 Å². The van der Waals surface area contributed by atoms with Crippen molar-refractivity contribution in [2.75, 3.05) is 6.54 Å². The predicted octanol–water partition coefficient (Wildman–Crippen LogP) is -0.237. The summed E-state index contributed by atoms with van der Waals surface area (Å²) in [5.74, 6) is 0. The van der Waals surface area contributed by atoms with E-state index in [9.17, 15) is 0 Å². The Morgan fingerprint density at radius 1 is 1.89 bits per heavy atom. The Balaban J connectivity index is 2.66. The maximum absolute atomic E-state index is 5.38. The number of nitrogens with zero attached hydrogens (tertiary/aromatic N) is 1. The summed E-state index contributed by atoms with van der Waals surface area (Å²) in [7, 11) is -0.215. The molecule has 0 saturated carbocycles. The molecule has 2 atom stereocenters. The topological polar surface area (TPSA) is 38.4 Å². The fraction of sp³-hybridized carbons (Fsp3) is 0.500. The van der Waals surface area contributed by atoms with Crippen molar-refractivity contribution in [3.63, 3.8) is 0 Å². The van der Waals surface area contributed by atoms with Gasteiger partial charge in [-0.2, -0.15) is 0 Å². The van der Waals surface area contributed by atoms with Gasteiger partial charge in [-0.1, -0.05) is 21.7 Å². The molecule has 0 spiro atoms. The molecule has 0 aromatic carbocycles. The minimum Gasteiger partial charge on any atom is -0.392 e. The Bertz CT molecular complexity index is 186. The lowest BCUT2D eigenvalue weighted by Gasteiger charge is -2.03. The molecule has 1 aliphatic rings. The smallest absolute Gasteiger partial charge is 0.0885 e. The van der Waals surface area contributed by atoms with E-state index in [4.69, 9.17) is 29.1 Å². The lowest BCUT2D eigenvalue weighted by atomic mass is 10.4. The molecular formula is C4H6N2S3. The summed E-state index contributed by atoms with van der Waals surface area (Å²) in [6.07, 6.45) is 0. The van der Waals surface area contributed by atoms with Gasteiger partial charge in [0.25, 0.3) is 0 Å². The van der Waals surface area contributed by atoms with Gasteiger partial charge >= 0.3 is 0 Å². The monoisotopic (exact) mass is 178 g/mol. The molecule has 0 fully saturated rings. The van der Waals surface area contributed by atoms with E-state index in [0.29, 0.717) is 11.5 Å². The molecule has 0 aromatic heterocycles. The lowest BCUT2D eigenvalue weighted by Crippen LogP contribution is -2.29. The Kier molecular flexibility index (Phi) is 2.26. The highest BCUT2D eigenvalue weighted by atomic mass is 32.8. The molecule has 1 rings (SSSR count). The van der Waals surface area contributed by atoms with Gasteiger partial charge in [0.15, 0.2) is 0 Å². The highest BCUT2D eigenvalue weighted by molar-refractivity contribution is 8.37. The number of hydrogen-bond acceptors (Lipinski definition) is 3. The average molecular weight is 178 g/mol. The van der Waals surface area contributed by atoms with E-state index in [1.807, 2.05) is 0 Å². The Labute approximate surface area is 66.1 Å². The predicted molar refractivity (Wildman–Crippen MR) is 48.7 cm³/mol. The maximum atomic E-state index is 5.38. The summed E-state index contributed by atoms with van der Waals surface area (Å²) in [5.41, 5.74) is 7.14. The normalized spacial score (nSPS) is 32.9. The summed E-state index contributed by atoms with van der Waals surface area (Å²) < 4.78 is 0. The molecule has 1 heterocycles. The van der Waals surface area contributed by atoms with E-state index in [0.717, 1.165) is 0 Å². The minimum atomic E-state index is -0.215. The first kappa shape index (κ1) is 7.24. The van der Waals surface area contributed by atoms with Crippen LogP contribution in [-0.2, 0) is 20.6 Å². The molecule has 2 unspecified atom stereocenters. The van der Waals surface area contributed by atoms with Gasteiger partial charge in [0, 0.05) is 0 Å². The zero-order chi connectivity index (χ0) is 6.85. The van der Waals surface area contributed by atoms with Crippen molar-refractivity contribution in [3.05, 3.63) is 0 Å². The van der Waals surface area contributed by atoms with Gasteiger partial charge in [0.05, 0.1) is 22.3 Å². The zero-order valence-corrected chi connectivity index (χ0v) is 7.06. The summed E-state index contributed by atoms with van der Waals surface area (Å²) in [4.78, 5) is 4.49. The fourth-order valence-corrected chi connectivity index (χ4v) is 2.65. The Hall–Kier alpha value is 0.130. The van der Waals surface area contributed by atoms with Crippen molar-refractivity contribution in [1.29, 1.82) is 0 Å². The Morgan fingerprint density at radius 3 is 2.78 bits per heavy atom. The number of thiocarbonyl (C=S) groups is 1. The maximum Gasteiger partial charge on any atom is 0.0885 e. The first-order valence-electron chi connectivity index (χ1n) is 2.40. The van der Waals surface area contributed by atoms with Crippen LogP contribution in [0.5, 0.6) is 0 Å². The van der Waals surface area contributed by atoms with Crippen molar-refractivity contribution in [2.45, 2.75) is 5.25 Å². The van der Waals surface area contributed by atoms with Crippen molar-refractivity contribution < 1.29 is 0 Å². The second-order valence-corrected chi connectivity index (χ2v) is 4.75. The van der Waals surface area contributed by atoms with Crippen LogP contribution in [0.4, 0.5) is 0 Å². The van der Waals surface area contributed by atoms with Crippen molar-refractivity contribution >= 4 is 43.4 Å². The highest BCUT2D eigenvalue weighted by Crippen LogP contribution is 2.03. The lowest BCUT2D eigenvalue weighted by molar-refractivity contribution is 1.09. The van der Waals surface area contributed by atoms with E-state index in [1.165, 1.54) is 0 Å². The van der Waals surface area contributed by atoms with Gasteiger partial charge in [0.1, 0.15) is 0 Å². The highest BCUT2D eigenvalue weighted by Gasteiger charge is 2.18. The van der Waals surface area contributed by atoms with Crippen molar-refractivity contribution in [1.82, 2.24) is 0 Å². The first-order valence-corrected chi connectivity index (χ1v) is 5.09. The summed E-state index contributed by atoms with van der Waals surface area (Å²) in [6, 6.07) is 0. The second-order valence-electron chi connectivity index (χ2n) is 1.69. The molecule has 2 N–H and O–H groups in total. The van der Waals surface area contributed by atoms with Crippen LogP contribution in [0.1, 0.15) is 0 Å².